The summed E-state index contributed by atoms with van der Waals surface area (Å²) in [4.78, 5) is 27.2. The van der Waals surface area contributed by atoms with E-state index in [0.29, 0.717) is 31.0 Å². The molecule has 178 valence electrons. The Kier molecular flexibility index (Phi) is 7.30. The second-order valence-electron chi connectivity index (χ2n) is 8.89. The van der Waals surface area contributed by atoms with Gasteiger partial charge in [-0.2, -0.15) is 0 Å². The summed E-state index contributed by atoms with van der Waals surface area (Å²) >= 11 is 0. The average molecular weight is 465 g/mol. The van der Waals surface area contributed by atoms with E-state index in [4.69, 9.17) is 9.15 Å². The zero-order chi connectivity index (χ0) is 24.1. The fourth-order valence-corrected chi connectivity index (χ4v) is 4.22. The number of fused-ring (bicyclic) bond motifs is 1. The van der Waals surface area contributed by atoms with E-state index in [1.54, 1.807) is 30.5 Å². The van der Waals surface area contributed by atoms with Crippen LogP contribution in [0.3, 0.4) is 0 Å². The van der Waals surface area contributed by atoms with Crippen LogP contribution in [-0.4, -0.2) is 29.9 Å². The number of hydrogen-bond acceptors (Lipinski definition) is 4. The topological polar surface area (TPSA) is 71.8 Å². The number of halogens is 1. The summed E-state index contributed by atoms with van der Waals surface area (Å²) in [5.41, 5.74) is 2.88. The van der Waals surface area contributed by atoms with Crippen LogP contribution in [0.15, 0.2) is 65.3 Å². The zero-order valence-corrected chi connectivity index (χ0v) is 19.4. The van der Waals surface area contributed by atoms with Crippen molar-refractivity contribution in [3.63, 3.8) is 0 Å². The van der Waals surface area contributed by atoms with Crippen molar-refractivity contribution in [2.45, 2.75) is 39.3 Å². The van der Waals surface area contributed by atoms with Crippen LogP contribution in [0.2, 0.25) is 0 Å². The first-order valence-electron chi connectivity index (χ1n) is 11.5. The summed E-state index contributed by atoms with van der Waals surface area (Å²) in [6.07, 6.45) is 2.72. The lowest BCUT2D eigenvalue weighted by Crippen LogP contribution is -2.41. The van der Waals surface area contributed by atoms with Gasteiger partial charge in [-0.1, -0.05) is 32.0 Å². The molecule has 6 nitrogen and oxygen atoms in total. The lowest BCUT2D eigenvalue weighted by molar-refractivity contribution is -0.134. The van der Waals surface area contributed by atoms with Gasteiger partial charge >= 0.3 is 0 Å². The molecule has 2 aromatic carbocycles. The number of ether oxygens (including phenoxy) is 1. The van der Waals surface area contributed by atoms with Gasteiger partial charge in [0, 0.05) is 13.0 Å². The highest BCUT2D eigenvalue weighted by molar-refractivity contribution is 5.78. The van der Waals surface area contributed by atoms with E-state index in [1.165, 1.54) is 12.1 Å². The summed E-state index contributed by atoms with van der Waals surface area (Å²) < 4.78 is 24.6. The Labute approximate surface area is 198 Å². The van der Waals surface area contributed by atoms with E-state index in [0.717, 1.165) is 23.1 Å². The summed E-state index contributed by atoms with van der Waals surface area (Å²) in [5, 5.41) is 2.75. The van der Waals surface area contributed by atoms with Gasteiger partial charge in [-0.25, -0.2) is 4.39 Å². The normalized spacial score (nSPS) is 15.2. The summed E-state index contributed by atoms with van der Waals surface area (Å²) in [5.74, 6) is 0.916. The van der Waals surface area contributed by atoms with E-state index >= 15 is 0 Å². The molecule has 2 amide bonds. The Balaban J connectivity index is 1.54. The Hall–Kier alpha value is -3.61. The Morgan fingerprint density at radius 3 is 2.68 bits per heavy atom. The van der Waals surface area contributed by atoms with Gasteiger partial charge in [0.25, 0.3) is 5.91 Å². The van der Waals surface area contributed by atoms with Crippen molar-refractivity contribution in [3.8, 4) is 5.75 Å². The molecule has 0 radical (unpaired) electrons. The van der Waals surface area contributed by atoms with Crippen LogP contribution in [0.1, 0.15) is 48.8 Å². The minimum absolute atomic E-state index is 0.0681. The third kappa shape index (κ3) is 5.65. The van der Waals surface area contributed by atoms with E-state index in [2.05, 4.69) is 5.32 Å². The highest BCUT2D eigenvalue weighted by atomic mass is 19.1. The number of nitrogens with zero attached hydrogens (tertiary/aromatic N) is 1. The molecule has 0 spiro atoms. The molecule has 7 heteroatoms. The average Bonchev–Trinajstić information content (AvgIpc) is 3.34. The Bertz CT molecular complexity index is 1130. The van der Waals surface area contributed by atoms with Crippen LogP contribution in [0.4, 0.5) is 4.39 Å². The summed E-state index contributed by atoms with van der Waals surface area (Å²) in [7, 11) is 0. The maximum Gasteiger partial charge on any atom is 0.258 e. The highest BCUT2D eigenvalue weighted by Crippen LogP contribution is 2.37. The third-order valence-electron chi connectivity index (χ3n) is 5.84. The Morgan fingerprint density at radius 1 is 1.18 bits per heavy atom. The van der Waals surface area contributed by atoms with Gasteiger partial charge in [-0.05, 0) is 65.4 Å². The van der Waals surface area contributed by atoms with Crippen molar-refractivity contribution < 1.29 is 23.1 Å². The van der Waals surface area contributed by atoms with Gasteiger partial charge in [0.05, 0.1) is 18.8 Å². The SMILES string of the molecule is CC(C)CC(=O)N1CCc2ccc(OCC(=O)NCc3ccco3)cc2C1c1ccc(F)cc1. The molecule has 0 saturated heterocycles. The molecule has 2 heterocycles. The molecule has 0 saturated carbocycles. The van der Waals surface area contributed by atoms with Gasteiger partial charge in [-0.15, -0.1) is 0 Å². The van der Waals surface area contributed by atoms with Crippen LogP contribution in [-0.2, 0) is 22.6 Å². The monoisotopic (exact) mass is 464 g/mol. The molecule has 1 aliphatic heterocycles. The van der Waals surface area contributed by atoms with Crippen LogP contribution in [0.25, 0.3) is 0 Å². The maximum absolute atomic E-state index is 13.6. The first-order valence-corrected chi connectivity index (χ1v) is 11.5. The molecule has 3 aromatic rings. The number of furan rings is 1. The molecule has 0 fully saturated rings. The number of benzene rings is 2. The molecule has 1 N–H and O–H groups in total. The molecule has 1 atom stereocenters. The lowest BCUT2D eigenvalue weighted by atomic mass is 9.87. The molecule has 34 heavy (non-hydrogen) atoms. The van der Waals surface area contributed by atoms with Gasteiger partial charge in [0.1, 0.15) is 17.3 Å². The smallest absolute Gasteiger partial charge is 0.258 e. The maximum atomic E-state index is 13.6. The van der Waals surface area contributed by atoms with Crippen molar-refractivity contribution in [1.29, 1.82) is 0 Å². The predicted octanol–water partition coefficient (Wildman–Crippen LogP) is 4.63. The van der Waals surface area contributed by atoms with Gasteiger partial charge in [-0.3, -0.25) is 9.59 Å². The molecule has 1 aromatic heterocycles. The number of carbonyl (C=O) groups is 2. The Morgan fingerprint density at radius 2 is 1.97 bits per heavy atom. The number of nitrogens with one attached hydrogen (secondary N) is 1. The zero-order valence-electron chi connectivity index (χ0n) is 19.4. The van der Waals surface area contributed by atoms with Crippen molar-refractivity contribution >= 4 is 11.8 Å². The predicted molar refractivity (Wildman–Crippen MR) is 126 cm³/mol. The first kappa shape index (κ1) is 23.5. The largest absolute Gasteiger partial charge is 0.484 e. The standard InChI is InChI=1S/C27H29FN2O4/c1-18(2)14-26(32)30-12-11-19-7-10-22(34-17-25(31)29-16-23-4-3-13-33-23)15-24(19)27(30)20-5-8-21(28)9-6-20/h3-10,13,15,18,27H,11-12,14,16-17H2,1-2H3,(H,29,31). The number of carbonyl (C=O) groups excluding carboxylic acids is 2. The number of rotatable bonds is 8. The molecule has 0 bridgehead atoms. The highest BCUT2D eigenvalue weighted by Gasteiger charge is 2.32. The van der Waals surface area contributed by atoms with Crippen molar-refractivity contribution in [2.75, 3.05) is 13.2 Å². The number of amides is 2. The molecule has 1 aliphatic rings. The van der Waals surface area contributed by atoms with Crippen LogP contribution < -0.4 is 10.1 Å². The fraction of sp³-hybridized carbons (Fsp3) is 0.333. The van der Waals surface area contributed by atoms with E-state index in [-0.39, 0.29) is 36.2 Å². The second-order valence-corrected chi connectivity index (χ2v) is 8.89. The van der Waals surface area contributed by atoms with E-state index < -0.39 is 0 Å². The summed E-state index contributed by atoms with van der Waals surface area (Å²) in [6.45, 7) is 4.78. The molecular weight excluding hydrogens is 435 g/mol. The van der Waals surface area contributed by atoms with Crippen molar-refractivity contribution in [1.82, 2.24) is 10.2 Å². The third-order valence-corrected chi connectivity index (χ3v) is 5.84. The minimum atomic E-state index is -0.341. The van der Waals surface area contributed by atoms with Gasteiger partial charge in [0.2, 0.25) is 5.91 Å². The molecule has 1 unspecified atom stereocenters. The van der Waals surface area contributed by atoms with Crippen LogP contribution in [0, 0.1) is 11.7 Å². The van der Waals surface area contributed by atoms with E-state index in [9.17, 15) is 14.0 Å². The molecular formula is C27H29FN2O4. The second kappa shape index (κ2) is 10.5. The lowest BCUT2D eigenvalue weighted by Gasteiger charge is -2.38. The molecule has 0 aliphatic carbocycles. The minimum Gasteiger partial charge on any atom is -0.484 e. The fourth-order valence-electron chi connectivity index (χ4n) is 4.22. The van der Waals surface area contributed by atoms with Gasteiger partial charge < -0.3 is 19.4 Å². The van der Waals surface area contributed by atoms with E-state index in [1.807, 2.05) is 36.9 Å². The first-order chi connectivity index (χ1) is 16.4. The van der Waals surface area contributed by atoms with Crippen LogP contribution in [0.5, 0.6) is 5.75 Å². The van der Waals surface area contributed by atoms with Gasteiger partial charge in [0.15, 0.2) is 6.61 Å². The molecule has 4 rings (SSSR count). The van der Waals surface area contributed by atoms with Crippen LogP contribution >= 0.6 is 0 Å². The summed E-state index contributed by atoms with van der Waals surface area (Å²) in [6, 6.07) is 15.2. The number of hydrogen-bond donors (Lipinski definition) is 1. The quantitative estimate of drug-likeness (QED) is 0.528. The van der Waals surface area contributed by atoms with Crippen molar-refractivity contribution in [2.24, 2.45) is 5.92 Å². The van der Waals surface area contributed by atoms with Crippen molar-refractivity contribution in [3.05, 3.63) is 89.1 Å².